The van der Waals surface area contributed by atoms with E-state index >= 15 is 0 Å². The molecule has 0 radical (unpaired) electrons. The molecule has 0 heterocycles. The van der Waals surface area contributed by atoms with Crippen molar-refractivity contribution in [1.29, 1.82) is 0 Å². The summed E-state index contributed by atoms with van der Waals surface area (Å²) in [6.07, 6.45) is 16.8. The second kappa shape index (κ2) is 15.3. The summed E-state index contributed by atoms with van der Waals surface area (Å²) in [6.45, 7) is 11.1. The fourth-order valence-electron chi connectivity index (χ4n) is 3.14. The average Bonchev–Trinajstić information content (AvgIpc) is 2.51. The summed E-state index contributed by atoms with van der Waals surface area (Å²) < 4.78 is 1.33. The zero-order chi connectivity index (χ0) is 15.8. The molecule has 0 aromatic heterocycles. The highest BCUT2D eigenvalue weighted by molar-refractivity contribution is 9.09. The number of halogens is 1. The Bertz CT molecular complexity index is 174. The summed E-state index contributed by atoms with van der Waals surface area (Å²) in [4.78, 5) is 0. The Morgan fingerprint density at radius 3 is 1.10 bits per heavy atom. The summed E-state index contributed by atoms with van der Waals surface area (Å²) in [7, 11) is 0. The van der Waals surface area contributed by atoms with Crippen molar-refractivity contribution in [2.24, 2.45) is 0 Å². The van der Waals surface area contributed by atoms with Gasteiger partial charge in [-0.3, -0.25) is 0 Å². The minimum atomic E-state index is 1.16. The lowest BCUT2D eigenvalue weighted by atomic mass is 10.1. The number of nitrogens with zero attached hydrogens (tertiary/aromatic N) is 1. The largest absolute Gasteiger partial charge is 0.315 e. The van der Waals surface area contributed by atoms with E-state index < -0.39 is 0 Å². The van der Waals surface area contributed by atoms with Crippen molar-refractivity contribution in [3.05, 3.63) is 0 Å². The van der Waals surface area contributed by atoms with Gasteiger partial charge < -0.3 is 4.48 Å². The van der Waals surface area contributed by atoms with E-state index in [0.717, 1.165) is 5.45 Å². The lowest BCUT2D eigenvalue weighted by Crippen LogP contribution is -2.49. The highest BCUT2D eigenvalue weighted by atomic mass is 79.9. The van der Waals surface area contributed by atoms with Gasteiger partial charge in [-0.05, 0) is 54.5 Å². The first-order chi connectivity index (χ1) is 10.2. The van der Waals surface area contributed by atoms with E-state index in [4.69, 9.17) is 0 Å². The van der Waals surface area contributed by atoms with Crippen LogP contribution >= 0.6 is 15.9 Å². The molecule has 0 saturated heterocycles. The maximum absolute atomic E-state index is 3.85. The normalized spacial score (nSPS) is 12.0. The number of unbranched alkanes of at least 4 members (excludes halogenated alkanes) is 9. The Hall–Kier alpha value is 0.440. The number of rotatable bonds is 16. The standard InChI is InChI=1S/C19H41BrN/c1-4-7-10-13-16-21(19-20,17-14-11-8-5-2)18-15-12-9-6-3/h4-19H2,1-3H3/q+1. The molecule has 0 aromatic rings. The van der Waals surface area contributed by atoms with Crippen LogP contribution in [0.25, 0.3) is 0 Å². The first-order valence-electron chi connectivity index (χ1n) is 9.65. The maximum atomic E-state index is 3.85. The smallest absolute Gasteiger partial charge is 0.134 e. The van der Waals surface area contributed by atoms with Gasteiger partial charge in [-0.1, -0.05) is 59.3 Å². The summed E-state index contributed by atoms with van der Waals surface area (Å²) in [5, 5.41) is 0. The molecule has 0 fully saturated rings. The van der Waals surface area contributed by atoms with Crippen molar-refractivity contribution >= 4 is 15.9 Å². The van der Waals surface area contributed by atoms with Crippen LogP contribution in [0.15, 0.2) is 0 Å². The molecule has 0 aromatic carbocycles. The van der Waals surface area contributed by atoms with Crippen LogP contribution < -0.4 is 0 Å². The van der Waals surface area contributed by atoms with Crippen molar-refractivity contribution in [1.82, 2.24) is 0 Å². The van der Waals surface area contributed by atoms with Gasteiger partial charge >= 0.3 is 0 Å². The van der Waals surface area contributed by atoms with E-state index in [9.17, 15) is 0 Å². The van der Waals surface area contributed by atoms with Gasteiger partial charge in [0.2, 0.25) is 0 Å². The van der Waals surface area contributed by atoms with Gasteiger partial charge in [-0.15, -0.1) is 0 Å². The summed E-state index contributed by atoms with van der Waals surface area (Å²) in [5.41, 5.74) is 1.16. The molecule has 0 bridgehead atoms. The van der Waals surface area contributed by atoms with Gasteiger partial charge in [0.1, 0.15) is 5.45 Å². The molecule has 0 aliphatic carbocycles. The molecule has 0 saturated carbocycles. The molecule has 0 spiro atoms. The van der Waals surface area contributed by atoms with E-state index in [1.165, 1.54) is 101 Å². The zero-order valence-electron chi connectivity index (χ0n) is 15.1. The van der Waals surface area contributed by atoms with Gasteiger partial charge in [-0.2, -0.15) is 0 Å². The van der Waals surface area contributed by atoms with Crippen molar-refractivity contribution in [3.63, 3.8) is 0 Å². The molecule has 0 aliphatic rings. The molecular weight excluding hydrogens is 322 g/mol. The van der Waals surface area contributed by atoms with Crippen LogP contribution in [0.1, 0.15) is 97.8 Å². The summed E-state index contributed by atoms with van der Waals surface area (Å²) >= 11 is 3.85. The molecule has 128 valence electrons. The second-order valence-corrected chi connectivity index (χ2v) is 7.32. The Labute approximate surface area is 143 Å². The molecular formula is C19H41BrN+. The minimum Gasteiger partial charge on any atom is -0.315 e. The third kappa shape index (κ3) is 11.6. The Balaban J connectivity index is 4.22. The molecule has 0 amide bonds. The lowest BCUT2D eigenvalue weighted by molar-refractivity contribution is -0.916. The number of alkyl halides is 1. The van der Waals surface area contributed by atoms with E-state index in [1.54, 1.807) is 0 Å². The fraction of sp³-hybridized carbons (Fsp3) is 1.00. The van der Waals surface area contributed by atoms with Crippen molar-refractivity contribution in [2.45, 2.75) is 97.8 Å². The van der Waals surface area contributed by atoms with Gasteiger partial charge in [0.25, 0.3) is 0 Å². The molecule has 1 nitrogen and oxygen atoms in total. The number of quaternary nitrogens is 1. The monoisotopic (exact) mass is 362 g/mol. The first-order valence-corrected chi connectivity index (χ1v) is 10.8. The van der Waals surface area contributed by atoms with Crippen LogP contribution in [0.3, 0.4) is 0 Å². The molecule has 0 atom stereocenters. The molecule has 0 aliphatic heterocycles. The third-order valence-corrected chi connectivity index (χ3v) is 5.78. The van der Waals surface area contributed by atoms with Gasteiger partial charge in [-0.25, -0.2) is 0 Å². The minimum absolute atomic E-state index is 1.16. The molecule has 0 unspecified atom stereocenters. The Kier molecular flexibility index (Phi) is 15.7. The molecule has 0 rings (SSSR count). The van der Waals surface area contributed by atoms with Crippen molar-refractivity contribution in [2.75, 3.05) is 25.1 Å². The number of hydrogen-bond donors (Lipinski definition) is 0. The molecule has 21 heavy (non-hydrogen) atoms. The first kappa shape index (κ1) is 21.4. The maximum Gasteiger partial charge on any atom is 0.134 e. The SMILES string of the molecule is CCCCCC[N+](CBr)(CCCCCC)CCCCCC. The highest BCUT2D eigenvalue weighted by Crippen LogP contribution is 2.19. The van der Waals surface area contributed by atoms with Crippen molar-refractivity contribution < 1.29 is 4.48 Å². The Morgan fingerprint density at radius 2 is 0.857 bits per heavy atom. The van der Waals surface area contributed by atoms with E-state index in [-0.39, 0.29) is 0 Å². The predicted molar refractivity (Wildman–Crippen MR) is 101 cm³/mol. The van der Waals surface area contributed by atoms with Crippen LogP contribution in [0.5, 0.6) is 0 Å². The third-order valence-electron chi connectivity index (χ3n) is 4.71. The van der Waals surface area contributed by atoms with Crippen LogP contribution in [-0.2, 0) is 0 Å². The zero-order valence-corrected chi connectivity index (χ0v) is 16.7. The van der Waals surface area contributed by atoms with E-state index in [1.807, 2.05) is 0 Å². The topological polar surface area (TPSA) is 0 Å². The number of hydrogen-bond acceptors (Lipinski definition) is 0. The quantitative estimate of drug-likeness (QED) is 0.121. The summed E-state index contributed by atoms with van der Waals surface area (Å²) in [6, 6.07) is 0. The predicted octanol–water partition coefficient (Wildman–Crippen LogP) is 6.90. The Morgan fingerprint density at radius 1 is 0.524 bits per heavy atom. The average molecular weight is 363 g/mol. The van der Waals surface area contributed by atoms with Crippen molar-refractivity contribution in [3.8, 4) is 0 Å². The second-order valence-electron chi connectivity index (χ2n) is 6.81. The van der Waals surface area contributed by atoms with E-state index in [2.05, 4.69) is 36.7 Å². The lowest BCUT2D eigenvalue weighted by Gasteiger charge is -2.37. The van der Waals surface area contributed by atoms with Gasteiger partial charge in [0.05, 0.1) is 19.6 Å². The summed E-state index contributed by atoms with van der Waals surface area (Å²) in [5.74, 6) is 0. The van der Waals surface area contributed by atoms with Crippen LogP contribution in [0.4, 0.5) is 0 Å². The van der Waals surface area contributed by atoms with E-state index in [0.29, 0.717) is 0 Å². The van der Waals surface area contributed by atoms with Gasteiger partial charge in [0, 0.05) is 0 Å². The van der Waals surface area contributed by atoms with Crippen LogP contribution in [-0.4, -0.2) is 29.6 Å². The highest BCUT2D eigenvalue weighted by Gasteiger charge is 2.24. The fourth-order valence-corrected chi connectivity index (χ4v) is 3.89. The van der Waals surface area contributed by atoms with Crippen LogP contribution in [0.2, 0.25) is 0 Å². The van der Waals surface area contributed by atoms with Crippen LogP contribution in [0, 0.1) is 0 Å². The molecule has 2 heteroatoms. The molecule has 0 N–H and O–H groups in total. The van der Waals surface area contributed by atoms with Gasteiger partial charge in [0.15, 0.2) is 0 Å².